The molecule has 0 saturated carbocycles. The summed E-state index contributed by atoms with van der Waals surface area (Å²) >= 11 is 0. The van der Waals surface area contributed by atoms with Gasteiger partial charge in [-0.2, -0.15) is 0 Å². The number of nitrogens with one attached hydrogen (secondary N) is 1. The van der Waals surface area contributed by atoms with Gasteiger partial charge in [-0.1, -0.05) is 25.1 Å². The summed E-state index contributed by atoms with van der Waals surface area (Å²) in [5, 5.41) is 3.51. The first kappa shape index (κ1) is 19.1. The number of hydrogen-bond donors (Lipinski definition) is 1. The summed E-state index contributed by atoms with van der Waals surface area (Å²) in [6.45, 7) is 6.63. The molecule has 5 heteroatoms. The molecule has 0 saturated heterocycles. The first-order valence-corrected chi connectivity index (χ1v) is 9.42. The van der Waals surface area contributed by atoms with Crippen molar-refractivity contribution in [1.29, 1.82) is 0 Å². The van der Waals surface area contributed by atoms with E-state index in [1.807, 2.05) is 61.1 Å². The maximum absolute atomic E-state index is 4.48. The van der Waals surface area contributed by atoms with Gasteiger partial charge in [0.2, 0.25) is 0 Å². The van der Waals surface area contributed by atoms with Crippen LogP contribution in [0.1, 0.15) is 24.0 Å². The fourth-order valence-corrected chi connectivity index (χ4v) is 3.08. The Kier molecular flexibility index (Phi) is 7.45. The molecule has 1 atom stereocenters. The molecule has 0 aromatic carbocycles. The molecule has 1 N–H and O–H groups in total. The molecule has 0 radical (unpaired) electrons. The van der Waals surface area contributed by atoms with Gasteiger partial charge in [-0.3, -0.25) is 19.9 Å². The molecule has 3 aromatic heterocycles. The van der Waals surface area contributed by atoms with Crippen LogP contribution in [-0.4, -0.2) is 32.9 Å². The molecule has 0 bridgehead atoms. The van der Waals surface area contributed by atoms with E-state index in [4.69, 9.17) is 0 Å². The molecule has 0 amide bonds. The number of hydrogen-bond acceptors (Lipinski definition) is 5. The number of pyridine rings is 3. The van der Waals surface area contributed by atoms with Crippen LogP contribution in [0, 0.1) is 5.92 Å². The van der Waals surface area contributed by atoms with Crippen LogP contribution < -0.4 is 5.32 Å². The summed E-state index contributed by atoms with van der Waals surface area (Å²) in [7, 11) is 0. The summed E-state index contributed by atoms with van der Waals surface area (Å²) in [6, 6.07) is 18.2. The van der Waals surface area contributed by atoms with Crippen LogP contribution in [-0.2, 0) is 19.6 Å². The van der Waals surface area contributed by atoms with Crippen LogP contribution in [0.3, 0.4) is 0 Å². The molecule has 0 aliphatic carbocycles. The number of rotatable bonds is 10. The van der Waals surface area contributed by atoms with Gasteiger partial charge in [0.05, 0.1) is 17.1 Å². The highest BCUT2D eigenvalue weighted by Crippen LogP contribution is 2.10. The van der Waals surface area contributed by atoms with Crippen molar-refractivity contribution in [1.82, 2.24) is 25.2 Å². The first-order valence-electron chi connectivity index (χ1n) is 9.42. The van der Waals surface area contributed by atoms with Gasteiger partial charge in [-0.15, -0.1) is 0 Å². The van der Waals surface area contributed by atoms with E-state index in [9.17, 15) is 0 Å². The van der Waals surface area contributed by atoms with Crippen LogP contribution in [0.15, 0.2) is 73.2 Å². The molecule has 140 valence electrons. The summed E-state index contributed by atoms with van der Waals surface area (Å²) in [5.74, 6) is 0.501. The Hall–Kier alpha value is -2.63. The molecule has 1 unspecified atom stereocenters. The van der Waals surface area contributed by atoms with Gasteiger partial charge in [0, 0.05) is 44.8 Å². The minimum absolute atomic E-state index is 0.501. The Labute approximate surface area is 161 Å². The Balaban J connectivity index is 1.54. The number of aromatic nitrogens is 3. The van der Waals surface area contributed by atoms with Crippen LogP contribution in [0.4, 0.5) is 0 Å². The zero-order chi connectivity index (χ0) is 18.7. The highest BCUT2D eigenvalue weighted by molar-refractivity contribution is 5.06. The predicted octanol–water partition coefficient (Wildman–Crippen LogP) is 3.30. The molecule has 3 aromatic rings. The molecule has 0 aliphatic heterocycles. The maximum Gasteiger partial charge on any atom is 0.0544 e. The quantitative estimate of drug-likeness (QED) is 0.600. The Morgan fingerprint density at radius 3 is 1.78 bits per heavy atom. The largest absolute Gasteiger partial charge is 0.311 e. The molecule has 0 aliphatic rings. The monoisotopic (exact) mass is 361 g/mol. The van der Waals surface area contributed by atoms with E-state index in [1.54, 1.807) is 0 Å². The lowest BCUT2D eigenvalue weighted by Crippen LogP contribution is -2.33. The molecule has 27 heavy (non-hydrogen) atoms. The van der Waals surface area contributed by atoms with Gasteiger partial charge in [-0.25, -0.2) is 0 Å². The van der Waals surface area contributed by atoms with Crippen molar-refractivity contribution in [3.05, 3.63) is 90.3 Å². The molecule has 3 rings (SSSR count). The van der Waals surface area contributed by atoms with Crippen molar-refractivity contribution in [2.45, 2.75) is 26.6 Å². The summed E-state index contributed by atoms with van der Waals surface area (Å²) in [6.07, 6.45) is 5.54. The molecule has 3 heterocycles. The smallest absolute Gasteiger partial charge is 0.0544 e. The highest BCUT2D eigenvalue weighted by atomic mass is 15.1. The first-order chi connectivity index (χ1) is 13.3. The van der Waals surface area contributed by atoms with Crippen molar-refractivity contribution < 1.29 is 0 Å². The van der Waals surface area contributed by atoms with E-state index in [2.05, 4.69) is 44.2 Å². The van der Waals surface area contributed by atoms with Crippen molar-refractivity contribution in [2.75, 3.05) is 13.1 Å². The average Bonchev–Trinajstić information content (AvgIpc) is 2.70. The molecular formula is C22H27N5. The third-order valence-corrected chi connectivity index (χ3v) is 4.32. The molecular weight excluding hydrogens is 334 g/mol. The standard InChI is InChI=1S/C22H27N5/c1-19(14-23-15-20-8-2-5-11-24-20)16-27(17-21-9-3-6-12-25-21)18-22-10-4-7-13-26-22/h2-13,19,23H,14-18H2,1H3. The minimum Gasteiger partial charge on any atom is -0.311 e. The second-order valence-electron chi connectivity index (χ2n) is 6.87. The van der Waals surface area contributed by atoms with E-state index in [0.29, 0.717) is 5.92 Å². The third-order valence-electron chi connectivity index (χ3n) is 4.32. The minimum atomic E-state index is 0.501. The topological polar surface area (TPSA) is 53.9 Å². The van der Waals surface area contributed by atoms with Crippen LogP contribution in [0.5, 0.6) is 0 Å². The molecule has 0 fully saturated rings. The summed E-state index contributed by atoms with van der Waals surface area (Å²) < 4.78 is 0. The summed E-state index contributed by atoms with van der Waals surface area (Å²) in [4.78, 5) is 15.7. The third kappa shape index (κ3) is 6.89. The van der Waals surface area contributed by atoms with Gasteiger partial charge >= 0.3 is 0 Å². The van der Waals surface area contributed by atoms with E-state index < -0.39 is 0 Å². The SMILES string of the molecule is CC(CNCc1ccccn1)CN(Cc1ccccn1)Cc1ccccn1. The van der Waals surface area contributed by atoms with Crippen LogP contribution in [0.25, 0.3) is 0 Å². The Morgan fingerprint density at radius 1 is 0.778 bits per heavy atom. The lowest BCUT2D eigenvalue weighted by molar-refractivity contribution is 0.213. The Bertz CT molecular complexity index is 723. The van der Waals surface area contributed by atoms with Gasteiger partial charge in [-0.05, 0) is 48.9 Å². The van der Waals surface area contributed by atoms with Crippen molar-refractivity contribution in [3.8, 4) is 0 Å². The lowest BCUT2D eigenvalue weighted by atomic mass is 10.1. The maximum atomic E-state index is 4.48. The fourth-order valence-electron chi connectivity index (χ4n) is 3.08. The van der Waals surface area contributed by atoms with E-state index in [0.717, 1.165) is 49.8 Å². The van der Waals surface area contributed by atoms with Crippen LogP contribution >= 0.6 is 0 Å². The second-order valence-corrected chi connectivity index (χ2v) is 6.87. The van der Waals surface area contributed by atoms with Gasteiger partial charge in [0.1, 0.15) is 0 Å². The zero-order valence-corrected chi connectivity index (χ0v) is 15.8. The second kappa shape index (κ2) is 10.5. The van der Waals surface area contributed by atoms with E-state index in [-0.39, 0.29) is 0 Å². The van der Waals surface area contributed by atoms with Gasteiger partial charge < -0.3 is 5.32 Å². The normalized spacial score (nSPS) is 12.2. The van der Waals surface area contributed by atoms with E-state index in [1.165, 1.54) is 0 Å². The van der Waals surface area contributed by atoms with Crippen molar-refractivity contribution in [2.24, 2.45) is 5.92 Å². The van der Waals surface area contributed by atoms with Crippen LogP contribution in [0.2, 0.25) is 0 Å². The zero-order valence-electron chi connectivity index (χ0n) is 15.8. The fraction of sp³-hybridized carbons (Fsp3) is 0.318. The molecule has 0 spiro atoms. The van der Waals surface area contributed by atoms with Gasteiger partial charge in [0.15, 0.2) is 0 Å². The van der Waals surface area contributed by atoms with Crippen molar-refractivity contribution >= 4 is 0 Å². The number of nitrogens with zero attached hydrogens (tertiary/aromatic N) is 4. The summed E-state index contributed by atoms with van der Waals surface area (Å²) in [5.41, 5.74) is 3.24. The highest BCUT2D eigenvalue weighted by Gasteiger charge is 2.13. The van der Waals surface area contributed by atoms with E-state index >= 15 is 0 Å². The van der Waals surface area contributed by atoms with Gasteiger partial charge in [0.25, 0.3) is 0 Å². The average molecular weight is 361 g/mol. The lowest BCUT2D eigenvalue weighted by Gasteiger charge is -2.25. The van der Waals surface area contributed by atoms with Crippen molar-refractivity contribution in [3.63, 3.8) is 0 Å². The Morgan fingerprint density at radius 2 is 1.30 bits per heavy atom. The molecule has 5 nitrogen and oxygen atoms in total. The predicted molar refractivity (Wildman–Crippen MR) is 108 cm³/mol.